The van der Waals surface area contributed by atoms with Gasteiger partial charge in [-0.05, 0) is 26.7 Å². The summed E-state index contributed by atoms with van der Waals surface area (Å²) in [5.41, 5.74) is 0. The van der Waals surface area contributed by atoms with E-state index in [2.05, 4.69) is 13.5 Å². The molecule has 0 saturated heterocycles. The van der Waals surface area contributed by atoms with Gasteiger partial charge in [0, 0.05) is 11.9 Å². The zero-order valence-corrected chi connectivity index (χ0v) is 21.2. The molecule has 5 heteroatoms. The molecule has 0 aromatic heterocycles. The van der Waals surface area contributed by atoms with Gasteiger partial charge >= 0.3 is 19.5 Å². The molecule has 0 aliphatic rings. The van der Waals surface area contributed by atoms with E-state index in [9.17, 15) is 0 Å². The summed E-state index contributed by atoms with van der Waals surface area (Å²) >= 11 is 0. The molecule has 156 valence electrons. The van der Waals surface area contributed by atoms with Gasteiger partial charge in [-0.1, -0.05) is 96.5 Å². The second-order valence-electron chi connectivity index (χ2n) is 6.66. The van der Waals surface area contributed by atoms with Crippen LogP contribution in [0.3, 0.4) is 0 Å². The molecular weight excluding hydrogens is 394 g/mol. The fraction of sp³-hybridized carbons (Fsp3) is 0.818. The first-order valence-corrected chi connectivity index (χ1v) is 10.3. The Kier molecular flexibility index (Phi) is 41.3. The second-order valence-corrected chi connectivity index (χ2v) is 6.66. The molecule has 0 fully saturated rings. The molecule has 0 N–H and O–H groups in total. The minimum absolute atomic E-state index is 0. The van der Waals surface area contributed by atoms with Crippen molar-refractivity contribution in [3.8, 4) is 0 Å². The number of aliphatic carboxylic acids is 2. The van der Waals surface area contributed by atoms with E-state index >= 15 is 0 Å². The van der Waals surface area contributed by atoms with Crippen molar-refractivity contribution in [2.75, 3.05) is 0 Å². The quantitative estimate of drug-likeness (QED) is 0.214. The first kappa shape index (κ1) is 33.9. The Balaban J connectivity index is -0.000000247. The Bertz CT molecular complexity index is 287. The Morgan fingerprint density at radius 3 is 1.11 bits per heavy atom. The Morgan fingerprint density at radius 1 is 0.667 bits per heavy atom. The molecule has 0 spiro atoms. The summed E-state index contributed by atoms with van der Waals surface area (Å²) in [5, 5.41) is 17.8. The van der Waals surface area contributed by atoms with Crippen molar-refractivity contribution in [3.63, 3.8) is 0 Å². The third-order valence-electron chi connectivity index (χ3n) is 3.76. The van der Waals surface area contributed by atoms with E-state index in [1.54, 1.807) is 0 Å². The van der Waals surface area contributed by atoms with Gasteiger partial charge in [0.25, 0.3) is 0 Å². The number of carbonyl (C=O) groups excluding carboxylic acids is 2. The monoisotopic (exact) mass is 434 g/mol. The first-order chi connectivity index (χ1) is 12.4. The summed E-state index contributed by atoms with van der Waals surface area (Å²) in [6.07, 6.45) is 23.5. The van der Waals surface area contributed by atoms with Crippen LogP contribution in [0.15, 0.2) is 12.7 Å². The van der Waals surface area contributed by atoms with Gasteiger partial charge in [0.2, 0.25) is 0 Å². The van der Waals surface area contributed by atoms with Crippen LogP contribution < -0.4 is 10.2 Å². The largest absolute Gasteiger partial charge is 2.00 e. The second kappa shape index (κ2) is 32.9. The summed E-state index contributed by atoms with van der Waals surface area (Å²) in [6.45, 7) is 7.99. The van der Waals surface area contributed by atoms with Gasteiger partial charge in [-0.3, -0.25) is 0 Å². The summed E-state index contributed by atoms with van der Waals surface area (Å²) in [4.78, 5) is 17.8. The fourth-order valence-electron chi connectivity index (χ4n) is 2.48. The van der Waals surface area contributed by atoms with Crippen molar-refractivity contribution in [2.24, 2.45) is 0 Å². The molecule has 0 aliphatic carbocycles. The predicted octanol–water partition coefficient (Wildman–Crippen LogP) is 4.55. The van der Waals surface area contributed by atoms with Crippen molar-refractivity contribution < 1.29 is 39.3 Å². The Labute approximate surface area is 181 Å². The van der Waals surface area contributed by atoms with Crippen LogP contribution >= 0.6 is 0 Å². The summed E-state index contributed by atoms with van der Waals surface area (Å²) in [6, 6.07) is 0. The van der Waals surface area contributed by atoms with Gasteiger partial charge in [-0.2, -0.15) is 0 Å². The molecular formula is C22H42O4Zn. The average molecular weight is 436 g/mol. The van der Waals surface area contributed by atoms with E-state index in [1.165, 1.54) is 96.3 Å². The van der Waals surface area contributed by atoms with Crippen LogP contribution in [-0.2, 0) is 29.1 Å². The van der Waals surface area contributed by atoms with E-state index in [0.29, 0.717) is 0 Å². The molecule has 27 heavy (non-hydrogen) atoms. The molecule has 0 unspecified atom stereocenters. The maximum absolute atomic E-state index is 8.89. The summed E-state index contributed by atoms with van der Waals surface area (Å²) in [7, 11) is 0. The van der Waals surface area contributed by atoms with Crippen molar-refractivity contribution in [1.82, 2.24) is 0 Å². The summed E-state index contributed by atoms with van der Waals surface area (Å²) < 4.78 is 0. The van der Waals surface area contributed by atoms with Crippen LogP contribution in [0.2, 0.25) is 0 Å². The number of carbonyl (C=O) groups is 2. The van der Waals surface area contributed by atoms with Gasteiger partial charge < -0.3 is 19.8 Å². The van der Waals surface area contributed by atoms with Crippen molar-refractivity contribution >= 4 is 11.9 Å². The van der Waals surface area contributed by atoms with Gasteiger partial charge in [0.15, 0.2) is 0 Å². The smallest absolute Gasteiger partial charge is 0.550 e. The topological polar surface area (TPSA) is 80.3 Å². The molecule has 0 amide bonds. The van der Waals surface area contributed by atoms with E-state index in [1.807, 2.05) is 6.08 Å². The van der Waals surface area contributed by atoms with E-state index in [-0.39, 0.29) is 19.5 Å². The molecule has 0 radical (unpaired) electrons. The number of unbranched alkanes of at least 4 members (excludes halogenated alkanes) is 14. The molecule has 0 rings (SSSR count). The Morgan fingerprint density at radius 2 is 0.889 bits per heavy atom. The van der Waals surface area contributed by atoms with Crippen molar-refractivity contribution in [1.29, 1.82) is 0 Å². The normalized spacial score (nSPS) is 9.00. The van der Waals surface area contributed by atoms with Crippen LogP contribution in [-0.4, -0.2) is 11.9 Å². The molecule has 0 atom stereocenters. The zero-order chi connectivity index (χ0) is 20.5. The van der Waals surface area contributed by atoms with Crippen molar-refractivity contribution in [2.45, 2.75) is 117 Å². The van der Waals surface area contributed by atoms with Crippen LogP contribution in [0.4, 0.5) is 0 Å². The molecule has 0 heterocycles. The van der Waals surface area contributed by atoms with Gasteiger partial charge in [0.05, 0.1) is 0 Å². The fourth-order valence-corrected chi connectivity index (χ4v) is 2.48. The SMILES string of the molecule is C=CCCCCCCCCCCCCCCCC.CC(=O)[O-].CC(=O)[O-].[Zn+2]. The van der Waals surface area contributed by atoms with E-state index < -0.39 is 11.9 Å². The van der Waals surface area contributed by atoms with Gasteiger partial charge in [-0.25, -0.2) is 0 Å². The Hall–Kier alpha value is -0.697. The standard InChI is InChI=1S/C18H36.2C2H4O2.Zn/c1-3-5-7-9-11-13-15-17-18-16-14-12-10-8-6-4-2;2*1-2(3)4;/h3H,1,4-18H2,2H3;2*1H3,(H,3,4);/q;;;+2/p-2. The first-order valence-electron chi connectivity index (χ1n) is 10.3. The van der Waals surface area contributed by atoms with Gasteiger partial charge in [0.1, 0.15) is 0 Å². The molecule has 0 aliphatic heterocycles. The van der Waals surface area contributed by atoms with Crippen LogP contribution in [0.25, 0.3) is 0 Å². The van der Waals surface area contributed by atoms with E-state index in [0.717, 1.165) is 13.8 Å². The molecule has 0 aromatic carbocycles. The van der Waals surface area contributed by atoms with Crippen LogP contribution in [0, 0.1) is 0 Å². The number of carboxylic acids is 2. The van der Waals surface area contributed by atoms with Crippen LogP contribution in [0.5, 0.6) is 0 Å². The number of rotatable bonds is 15. The zero-order valence-electron chi connectivity index (χ0n) is 18.2. The van der Waals surface area contributed by atoms with Gasteiger partial charge in [-0.15, -0.1) is 6.58 Å². The number of carboxylic acid groups (broad SMARTS) is 2. The molecule has 4 nitrogen and oxygen atoms in total. The average Bonchev–Trinajstić information content (AvgIpc) is 2.54. The third kappa shape index (κ3) is 67.2. The maximum Gasteiger partial charge on any atom is 2.00 e. The molecule has 0 aromatic rings. The van der Waals surface area contributed by atoms with E-state index in [4.69, 9.17) is 19.8 Å². The predicted molar refractivity (Wildman–Crippen MR) is 106 cm³/mol. The summed E-state index contributed by atoms with van der Waals surface area (Å²) in [5.74, 6) is -2.17. The number of allylic oxidation sites excluding steroid dienone is 1. The molecule has 0 saturated carbocycles. The van der Waals surface area contributed by atoms with Crippen molar-refractivity contribution in [3.05, 3.63) is 12.7 Å². The number of hydrogen-bond acceptors (Lipinski definition) is 4. The molecule has 0 bridgehead atoms. The minimum atomic E-state index is -1.08. The van der Waals surface area contributed by atoms with Crippen LogP contribution in [0.1, 0.15) is 117 Å². The minimum Gasteiger partial charge on any atom is -0.550 e. The third-order valence-corrected chi connectivity index (χ3v) is 3.76. The maximum atomic E-state index is 8.89. The number of hydrogen-bond donors (Lipinski definition) is 0.